The van der Waals surface area contributed by atoms with Gasteiger partial charge in [0.1, 0.15) is 0 Å². The number of esters is 1. The van der Waals surface area contributed by atoms with Gasteiger partial charge in [0.05, 0.1) is 13.0 Å². The molecule has 2 rings (SSSR count). The van der Waals surface area contributed by atoms with Gasteiger partial charge in [0.15, 0.2) is 0 Å². The van der Waals surface area contributed by atoms with Gasteiger partial charge in [-0.2, -0.15) is 0 Å². The minimum Gasteiger partial charge on any atom is -0.469 e. The molecule has 2 saturated carbocycles. The molecule has 2 aliphatic rings. The molecule has 0 saturated heterocycles. The standard InChI is InChI=1S/C10H17NO2/c1-5(10(12)13-2)9-7-3-6(11)4-8(7)9/h5-9H,3-4,11H2,1-2H3/t5?,6-,7-,8+,9?. The maximum atomic E-state index is 11.3. The highest BCUT2D eigenvalue weighted by atomic mass is 16.5. The van der Waals surface area contributed by atoms with Crippen LogP contribution in [-0.2, 0) is 9.53 Å². The minimum atomic E-state index is -0.0621. The van der Waals surface area contributed by atoms with E-state index in [0.29, 0.717) is 23.8 Å². The first-order valence-electron chi connectivity index (χ1n) is 4.98. The quantitative estimate of drug-likeness (QED) is 0.644. The first-order chi connectivity index (χ1) is 6.15. The lowest BCUT2D eigenvalue weighted by Crippen LogP contribution is -2.23. The number of rotatable bonds is 2. The molecular formula is C10H17NO2. The topological polar surface area (TPSA) is 52.3 Å². The Balaban J connectivity index is 1.90. The molecule has 2 fully saturated rings. The Bertz CT molecular complexity index is 217. The fourth-order valence-electron chi connectivity index (χ4n) is 3.02. The average molecular weight is 183 g/mol. The van der Waals surface area contributed by atoms with Gasteiger partial charge in [0, 0.05) is 6.04 Å². The smallest absolute Gasteiger partial charge is 0.308 e. The van der Waals surface area contributed by atoms with E-state index in [1.807, 2.05) is 6.92 Å². The van der Waals surface area contributed by atoms with Crippen molar-refractivity contribution >= 4 is 5.97 Å². The Morgan fingerprint density at radius 3 is 2.46 bits per heavy atom. The molecule has 2 aliphatic carbocycles. The summed E-state index contributed by atoms with van der Waals surface area (Å²) in [7, 11) is 1.46. The summed E-state index contributed by atoms with van der Waals surface area (Å²) in [6.45, 7) is 1.97. The summed E-state index contributed by atoms with van der Waals surface area (Å²) in [5.74, 6) is 2.00. The predicted molar refractivity (Wildman–Crippen MR) is 48.9 cm³/mol. The van der Waals surface area contributed by atoms with Crippen LogP contribution in [0.2, 0.25) is 0 Å². The third-order valence-electron chi connectivity index (χ3n) is 3.70. The lowest BCUT2D eigenvalue weighted by molar-refractivity contribution is -0.145. The van der Waals surface area contributed by atoms with Crippen molar-refractivity contribution in [3.05, 3.63) is 0 Å². The number of hydrogen-bond donors (Lipinski definition) is 1. The van der Waals surface area contributed by atoms with Gasteiger partial charge in [-0.05, 0) is 30.6 Å². The van der Waals surface area contributed by atoms with Crippen molar-refractivity contribution in [3.8, 4) is 0 Å². The Morgan fingerprint density at radius 2 is 2.00 bits per heavy atom. The molecule has 0 amide bonds. The monoisotopic (exact) mass is 183 g/mol. The number of ether oxygens (including phenoxy) is 1. The lowest BCUT2D eigenvalue weighted by Gasteiger charge is -2.13. The second-order valence-corrected chi connectivity index (χ2v) is 4.45. The molecule has 0 aliphatic heterocycles. The van der Waals surface area contributed by atoms with E-state index in [4.69, 9.17) is 10.5 Å². The van der Waals surface area contributed by atoms with Crippen molar-refractivity contribution in [2.75, 3.05) is 7.11 Å². The molecule has 74 valence electrons. The third kappa shape index (κ3) is 1.35. The van der Waals surface area contributed by atoms with E-state index in [9.17, 15) is 4.79 Å². The van der Waals surface area contributed by atoms with Crippen LogP contribution in [0.4, 0.5) is 0 Å². The summed E-state index contributed by atoms with van der Waals surface area (Å²) in [5.41, 5.74) is 5.81. The number of methoxy groups -OCH3 is 1. The van der Waals surface area contributed by atoms with Gasteiger partial charge >= 0.3 is 5.97 Å². The van der Waals surface area contributed by atoms with Crippen molar-refractivity contribution in [3.63, 3.8) is 0 Å². The van der Waals surface area contributed by atoms with Crippen LogP contribution in [0.1, 0.15) is 19.8 Å². The highest BCUT2D eigenvalue weighted by molar-refractivity contribution is 5.72. The molecule has 2 N–H and O–H groups in total. The first kappa shape index (κ1) is 9.00. The van der Waals surface area contributed by atoms with Crippen molar-refractivity contribution in [1.29, 1.82) is 0 Å². The van der Waals surface area contributed by atoms with Crippen LogP contribution in [0.15, 0.2) is 0 Å². The fourth-order valence-corrected chi connectivity index (χ4v) is 3.02. The highest BCUT2D eigenvalue weighted by Crippen LogP contribution is 2.60. The van der Waals surface area contributed by atoms with Gasteiger partial charge < -0.3 is 10.5 Å². The van der Waals surface area contributed by atoms with Gasteiger partial charge in [-0.3, -0.25) is 4.79 Å². The van der Waals surface area contributed by atoms with Crippen LogP contribution in [0, 0.1) is 23.7 Å². The first-order valence-corrected chi connectivity index (χ1v) is 4.98. The van der Waals surface area contributed by atoms with E-state index in [2.05, 4.69) is 0 Å². The van der Waals surface area contributed by atoms with Gasteiger partial charge in [-0.25, -0.2) is 0 Å². The second-order valence-electron chi connectivity index (χ2n) is 4.45. The van der Waals surface area contributed by atoms with Gasteiger partial charge in [-0.15, -0.1) is 0 Å². The van der Waals surface area contributed by atoms with Gasteiger partial charge in [0.2, 0.25) is 0 Å². The minimum absolute atomic E-state index is 0.0621. The van der Waals surface area contributed by atoms with Crippen LogP contribution >= 0.6 is 0 Å². The molecule has 3 heteroatoms. The number of hydrogen-bond acceptors (Lipinski definition) is 3. The molecule has 2 unspecified atom stereocenters. The number of nitrogens with two attached hydrogens (primary N) is 1. The van der Waals surface area contributed by atoms with E-state index >= 15 is 0 Å². The SMILES string of the molecule is COC(=O)C(C)C1[C@H]2C[C@H](N)C[C@@H]12. The van der Waals surface area contributed by atoms with E-state index < -0.39 is 0 Å². The zero-order chi connectivity index (χ0) is 9.59. The summed E-state index contributed by atoms with van der Waals surface area (Å²) < 4.78 is 4.74. The van der Waals surface area contributed by atoms with Gasteiger partial charge in [-0.1, -0.05) is 6.92 Å². The molecule has 3 nitrogen and oxygen atoms in total. The highest BCUT2D eigenvalue weighted by Gasteiger charge is 2.58. The van der Waals surface area contributed by atoms with Crippen LogP contribution in [0.25, 0.3) is 0 Å². The number of fused-ring (bicyclic) bond motifs is 1. The second kappa shape index (κ2) is 2.98. The summed E-state index contributed by atoms with van der Waals surface area (Å²) >= 11 is 0. The van der Waals surface area contributed by atoms with Crippen molar-refractivity contribution in [1.82, 2.24) is 0 Å². The summed E-state index contributed by atoms with van der Waals surface area (Å²) in [6, 6.07) is 0.385. The molecule has 0 spiro atoms. The normalized spacial score (nSPS) is 43.9. The van der Waals surface area contributed by atoms with Crippen molar-refractivity contribution in [2.24, 2.45) is 29.4 Å². The van der Waals surface area contributed by atoms with E-state index in [0.717, 1.165) is 12.8 Å². The zero-order valence-electron chi connectivity index (χ0n) is 8.19. The van der Waals surface area contributed by atoms with Crippen molar-refractivity contribution in [2.45, 2.75) is 25.8 Å². The maximum absolute atomic E-state index is 11.3. The third-order valence-corrected chi connectivity index (χ3v) is 3.70. The molecular weight excluding hydrogens is 166 g/mol. The molecule has 0 aromatic heterocycles. The summed E-state index contributed by atoms with van der Waals surface area (Å²) in [5, 5.41) is 0. The van der Waals surface area contributed by atoms with E-state index in [1.54, 1.807) is 0 Å². The molecule has 0 bridgehead atoms. The zero-order valence-corrected chi connectivity index (χ0v) is 8.19. The fraction of sp³-hybridized carbons (Fsp3) is 0.900. The van der Waals surface area contributed by atoms with Gasteiger partial charge in [0.25, 0.3) is 0 Å². The Kier molecular flexibility index (Phi) is 2.06. The van der Waals surface area contributed by atoms with E-state index in [-0.39, 0.29) is 11.9 Å². The summed E-state index contributed by atoms with van der Waals surface area (Å²) in [6.07, 6.45) is 2.22. The molecule has 0 aromatic carbocycles. The molecule has 0 heterocycles. The largest absolute Gasteiger partial charge is 0.469 e. The Morgan fingerprint density at radius 1 is 1.46 bits per heavy atom. The summed E-state index contributed by atoms with van der Waals surface area (Å²) in [4.78, 5) is 11.3. The number of carbonyl (C=O) groups excluding carboxylic acids is 1. The average Bonchev–Trinajstić information content (AvgIpc) is 2.62. The van der Waals surface area contributed by atoms with Crippen LogP contribution in [0.5, 0.6) is 0 Å². The predicted octanol–water partition coefficient (Wildman–Crippen LogP) is 0.779. The van der Waals surface area contributed by atoms with Crippen LogP contribution < -0.4 is 5.73 Å². The maximum Gasteiger partial charge on any atom is 0.308 e. The van der Waals surface area contributed by atoms with Crippen LogP contribution in [0.3, 0.4) is 0 Å². The lowest BCUT2D eigenvalue weighted by atomic mass is 9.97. The van der Waals surface area contributed by atoms with E-state index in [1.165, 1.54) is 7.11 Å². The van der Waals surface area contributed by atoms with Crippen LogP contribution in [-0.4, -0.2) is 19.1 Å². The number of carbonyl (C=O) groups is 1. The molecule has 5 atom stereocenters. The molecule has 0 aromatic rings. The molecule has 13 heavy (non-hydrogen) atoms. The Labute approximate surface area is 78.6 Å². The van der Waals surface area contributed by atoms with Crippen molar-refractivity contribution < 1.29 is 9.53 Å². The Hall–Kier alpha value is -0.570. The molecule has 0 radical (unpaired) electrons.